The van der Waals surface area contributed by atoms with Crippen LogP contribution >= 0.6 is 0 Å². The van der Waals surface area contributed by atoms with E-state index in [-0.39, 0.29) is 23.0 Å². The van der Waals surface area contributed by atoms with Crippen LogP contribution in [0.15, 0.2) is 89.5 Å². The lowest BCUT2D eigenvalue weighted by molar-refractivity contribution is 0.0827. The molecule has 7 heteroatoms. The van der Waals surface area contributed by atoms with Gasteiger partial charge in [0.15, 0.2) is 17.1 Å². The van der Waals surface area contributed by atoms with Crippen LogP contribution in [0, 0.1) is 17.1 Å². The molecule has 0 aliphatic heterocycles. The van der Waals surface area contributed by atoms with E-state index in [4.69, 9.17) is 9.15 Å². The summed E-state index contributed by atoms with van der Waals surface area (Å²) in [7, 11) is 3.41. The van der Waals surface area contributed by atoms with Crippen molar-refractivity contribution in [3.8, 4) is 40.0 Å². The number of halogens is 1. The summed E-state index contributed by atoms with van der Waals surface area (Å²) in [5.41, 5.74) is 4.34. The van der Waals surface area contributed by atoms with E-state index in [1.54, 1.807) is 62.8 Å². The number of para-hydroxylation sites is 1. The Kier molecular flexibility index (Phi) is 5.93. The summed E-state index contributed by atoms with van der Waals surface area (Å²) >= 11 is 0. The lowest BCUT2D eigenvalue weighted by atomic mass is 10.0. The molecule has 0 aliphatic carbocycles. The molecular formula is C29H20FN3O3. The van der Waals surface area contributed by atoms with Gasteiger partial charge in [-0.25, -0.2) is 4.39 Å². The molecule has 2 aromatic heterocycles. The maximum atomic E-state index is 14.0. The van der Waals surface area contributed by atoms with Crippen molar-refractivity contribution in [1.82, 2.24) is 9.88 Å². The molecule has 0 atom stereocenters. The molecule has 0 unspecified atom stereocenters. The molecule has 36 heavy (non-hydrogen) atoms. The van der Waals surface area contributed by atoms with Crippen LogP contribution in [0.2, 0.25) is 0 Å². The second-order valence-electron chi connectivity index (χ2n) is 8.32. The van der Waals surface area contributed by atoms with Crippen molar-refractivity contribution in [2.75, 3.05) is 14.1 Å². The van der Waals surface area contributed by atoms with Crippen molar-refractivity contribution in [3.63, 3.8) is 0 Å². The van der Waals surface area contributed by atoms with E-state index in [1.165, 1.54) is 17.0 Å². The first kappa shape index (κ1) is 22.8. The first-order chi connectivity index (χ1) is 17.4. The average molecular weight is 477 g/mol. The molecule has 0 radical (unpaired) electrons. The van der Waals surface area contributed by atoms with E-state index < -0.39 is 5.82 Å². The van der Waals surface area contributed by atoms with Crippen LogP contribution < -0.4 is 4.74 Å². The summed E-state index contributed by atoms with van der Waals surface area (Å²) in [5.74, 6) is 0.314. The van der Waals surface area contributed by atoms with Crippen molar-refractivity contribution in [2.45, 2.75) is 0 Å². The van der Waals surface area contributed by atoms with Gasteiger partial charge in [-0.05, 0) is 48.0 Å². The lowest BCUT2D eigenvalue weighted by Crippen LogP contribution is -2.21. The van der Waals surface area contributed by atoms with Gasteiger partial charge in [0.25, 0.3) is 5.91 Å². The number of hydrogen-bond donors (Lipinski definition) is 0. The Morgan fingerprint density at radius 3 is 2.44 bits per heavy atom. The Balaban J connectivity index is 1.50. The minimum Gasteiger partial charge on any atom is -0.454 e. The molecule has 0 aliphatic rings. The molecule has 5 aromatic rings. The quantitative estimate of drug-likeness (QED) is 0.283. The van der Waals surface area contributed by atoms with Gasteiger partial charge < -0.3 is 14.1 Å². The van der Waals surface area contributed by atoms with Gasteiger partial charge >= 0.3 is 0 Å². The summed E-state index contributed by atoms with van der Waals surface area (Å²) in [5, 5.41) is 9.71. The smallest absolute Gasteiger partial charge is 0.253 e. The number of pyridine rings is 1. The number of rotatable bonds is 5. The minimum absolute atomic E-state index is 0.0435. The summed E-state index contributed by atoms with van der Waals surface area (Å²) < 4.78 is 25.9. The molecule has 0 saturated carbocycles. The molecule has 6 nitrogen and oxygen atoms in total. The summed E-state index contributed by atoms with van der Waals surface area (Å²) in [6.07, 6.45) is 1.67. The van der Waals surface area contributed by atoms with Crippen LogP contribution in [0.1, 0.15) is 15.9 Å². The van der Waals surface area contributed by atoms with Gasteiger partial charge in [-0.3, -0.25) is 9.78 Å². The van der Waals surface area contributed by atoms with Gasteiger partial charge in [0.2, 0.25) is 0 Å². The monoisotopic (exact) mass is 477 g/mol. The van der Waals surface area contributed by atoms with E-state index >= 15 is 0 Å². The SMILES string of the molecule is CN(C)C(=O)c1ccc(-c2cc3nccc(-c4ccc(Oc5ccccc5F)c(C#N)c4)c3o2)cc1. The Hall–Kier alpha value is -4.96. The average Bonchev–Trinajstić information content (AvgIpc) is 3.34. The van der Waals surface area contributed by atoms with Crippen LogP contribution in [-0.2, 0) is 0 Å². The van der Waals surface area contributed by atoms with Crippen molar-refractivity contribution >= 4 is 17.0 Å². The van der Waals surface area contributed by atoms with Gasteiger partial charge in [0, 0.05) is 43.0 Å². The predicted octanol–water partition coefficient (Wildman–Crippen LogP) is 6.67. The van der Waals surface area contributed by atoms with Gasteiger partial charge in [-0.15, -0.1) is 0 Å². The van der Waals surface area contributed by atoms with Crippen LogP contribution in [-0.4, -0.2) is 29.9 Å². The van der Waals surface area contributed by atoms with Crippen molar-refractivity contribution in [3.05, 3.63) is 102 Å². The van der Waals surface area contributed by atoms with Crippen LogP contribution in [0.4, 0.5) is 4.39 Å². The van der Waals surface area contributed by atoms with Gasteiger partial charge in [-0.2, -0.15) is 5.26 Å². The molecule has 176 valence electrons. The lowest BCUT2D eigenvalue weighted by Gasteiger charge is -2.10. The number of amides is 1. The number of nitrogens with zero attached hydrogens (tertiary/aromatic N) is 3. The highest BCUT2D eigenvalue weighted by atomic mass is 19.1. The highest BCUT2D eigenvalue weighted by Gasteiger charge is 2.16. The zero-order valence-corrected chi connectivity index (χ0v) is 19.5. The number of carbonyl (C=O) groups is 1. The van der Waals surface area contributed by atoms with Crippen LogP contribution in [0.25, 0.3) is 33.6 Å². The largest absolute Gasteiger partial charge is 0.454 e. The molecule has 1 amide bonds. The first-order valence-corrected chi connectivity index (χ1v) is 11.1. The molecule has 2 heterocycles. The van der Waals surface area contributed by atoms with Crippen molar-refractivity contribution in [1.29, 1.82) is 5.26 Å². The van der Waals surface area contributed by atoms with Crippen molar-refractivity contribution < 1.29 is 18.3 Å². The number of fused-ring (bicyclic) bond motifs is 1. The van der Waals surface area contributed by atoms with Crippen LogP contribution in [0.5, 0.6) is 11.5 Å². The van der Waals surface area contributed by atoms with Gasteiger partial charge in [0.05, 0.1) is 5.56 Å². The van der Waals surface area contributed by atoms with Gasteiger partial charge in [0.1, 0.15) is 23.1 Å². The second-order valence-corrected chi connectivity index (χ2v) is 8.32. The number of aromatic nitrogens is 1. The summed E-state index contributed by atoms with van der Waals surface area (Å²) in [4.78, 5) is 18.1. The third kappa shape index (κ3) is 4.28. The number of carbonyl (C=O) groups excluding carboxylic acids is 1. The number of hydrogen-bond acceptors (Lipinski definition) is 5. The molecule has 0 spiro atoms. The first-order valence-electron chi connectivity index (χ1n) is 11.1. The predicted molar refractivity (Wildman–Crippen MR) is 134 cm³/mol. The molecule has 5 rings (SSSR count). The molecular weight excluding hydrogens is 457 g/mol. The van der Waals surface area contributed by atoms with Gasteiger partial charge in [-0.1, -0.05) is 30.3 Å². The standard InChI is InChI=1S/C29H20FN3O3/c1-33(2)29(34)19-9-7-18(8-10-19)27-16-24-28(36-27)22(13-14-32-24)20-11-12-25(21(15-20)17-31)35-26-6-4-3-5-23(26)30/h3-16H,1-2H3. The fraction of sp³-hybridized carbons (Fsp3) is 0.0690. The fourth-order valence-corrected chi connectivity index (χ4v) is 3.86. The Labute approximate surface area is 206 Å². The Bertz CT molecular complexity index is 1630. The van der Waals surface area contributed by atoms with Crippen molar-refractivity contribution in [2.24, 2.45) is 0 Å². The number of nitriles is 1. The van der Waals surface area contributed by atoms with Crippen LogP contribution in [0.3, 0.4) is 0 Å². The molecule has 3 aromatic carbocycles. The maximum Gasteiger partial charge on any atom is 0.253 e. The number of benzene rings is 3. The Morgan fingerprint density at radius 2 is 1.72 bits per heavy atom. The molecule has 0 bridgehead atoms. The maximum absolute atomic E-state index is 14.0. The molecule has 0 fully saturated rings. The normalized spacial score (nSPS) is 10.7. The number of ether oxygens (including phenoxy) is 1. The number of furan rings is 1. The van der Waals surface area contributed by atoms with E-state index in [9.17, 15) is 14.4 Å². The third-order valence-corrected chi connectivity index (χ3v) is 5.70. The zero-order valence-electron chi connectivity index (χ0n) is 19.5. The van der Waals surface area contributed by atoms with E-state index in [0.717, 1.165) is 16.7 Å². The topological polar surface area (TPSA) is 79.4 Å². The highest BCUT2D eigenvalue weighted by Crippen LogP contribution is 2.36. The van der Waals surface area contributed by atoms with E-state index in [2.05, 4.69) is 11.1 Å². The summed E-state index contributed by atoms with van der Waals surface area (Å²) in [6.45, 7) is 0. The summed E-state index contributed by atoms with van der Waals surface area (Å²) in [6, 6.07) is 24.1. The van der Waals surface area contributed by atoms with E-state index in [1.807, 2.05) is 24.3 Å². The minimum atomic E-state index is -0.511. The second kappa shape index (κ2) is 9.35. The zero-order chi connectivity index (χ0) is 25.2. The van der Waals surface area contributed by atoms with E-state index in [0.29, 0.717) is 22.4 Å². The molecule has 0 saturated heterocycles. The third-order valence-electron chi connectivity index (χ3n) is 5.70. The Morgan fingerprint density at radius 1 is 0.972 bits per heavy atom. The molecule has 0 N–H and O–H groups in total. The fourth-order valence-electron chi connectivity index (χ4n) is 3.86. The highest BCUT2D eigenvalue weighted by molar-refractivity contribution is 5.95.